The Balaban J connectivity index is 1.99. The minimum atomic E-state index is -0.364. The number of primary amides is 1. The van der Waals surface area contributed by atoms with Gasteiger partial charge in [-0.15, -0.1) is 23.1 Å². The second-order valence-electron chi connectivity index (χ2n) is 4.63. The van der Waals surface area contributed by atoms with Gasteiger partial charge >= 0.3 is 0 Å². The van der Waals surface area contributed by atoms with E-state index in [4.69, 9.17) is 15.2 Å². The molecule has 0 atom stereocenters. The largest absolute Gasteiger partial charge is 0.493 e. The number of thioether (sulfide) groups is 1. The van der Waals surface area contributed by atoms with E-state index in [2.05, 4.69) is 10.3 Å². The van der Waals surface area contributed by atoms with Crippen molar-refractivity contribution in [2.45, 2.75) is 5.75 Å². The Labute approximate surface area is 147 Å². The Morgan fingerprint density at radius 3 is 2.71 bits per heavy atom. The number of benzene rings is 1. The summed E-state index contributed by atoms with van der Waals surface area (Å²) in [5.41, 5.74) is 6.31. The highest BCUT2D eigenvalue weighted by atomic mass is 32.2. The Bertz CT molecular complexity index is 733. The maximum absolute atomic E-state index is 12.3. The van der Waals surface area contributed by atoms with Gasteiger partial charge in [-0.2, -0.15) is 0 Å². The summed E-state index contributed by atoms with van der Waals surface area (Å²) in [6.07, 6.45) is 0. The van der Waals surface area contributed by atoms with Crippen molar-refractivity contribution in [3.05, 3.63) is 34.8 Å². The van der Waals surface area contributed by atoms with Crippen LogP contribution in [0.2, 0.25) is 0 Å². The number of hydrogen-bond donors (Lipinski definition) is 2. The van der Waals surface area contributed by atoms with Crippen LogP contribution in [0.25, 0.3) is 0 Å². The quantitative estimate of drug-likeness (QED) is 0.741. The van der Waals surface area contributed by atoms with Crippen molar-refractivity contribution in [1.82, 2.24) is 4.98 Å². The molecule has 0 spiro atoms. The molecule has 0 aliphatic rings. The van der Waals surface area contributed by atoms with Gasteiger partial charge in [0.25, 0.3) is 5.91 Å². The van der Waals surface area contributed by atoms with E-state index in [-0.39, 0.29) is 17.6 Å². The Morgan fingerprint density at radius 2 is 2.04 bits per heavy atom. The number of amides is 2. The fraction of sp³-hybridized carbons (Fsp3) is 0.267. The van der Waals surface area contributed by atoms with Crippen LogP contribution in [0.1, 0.15) is 16.1 Å². The van der Waals surface area contributed by atoms with Crippen molar-refractivity contribution in [1.29, 1.82) is 0 Å². The molecule has 0 saturated carbocycles. The van der Waals surface area contributed by atoms with Crippen LogP contribution in [-0.4, -0.2) is 36.8 Å². The lowest BCUT2D eigenvalue weighted by molar-refractivity contribution is -0.115. The maximum Gasteiger partial charge on any atom is 0.257 e. The zero-order valence-corrected chi connectivity index (χ0v) is 14.8. The molecule has 0 aliphatic carbocycles. The van der Waals surface area contributed by atoms with Gasteiger partial charge < -0.3 is 15.2 Å². The SMILES string of the molecule is COc1ccc(C(=O)Nc2nc(CSCC(N)=O)cs2)cc1OC. The number of ether oxygens (including phenoxy) is 2. The number of thiazole rings is 1. The zero-order valence-electron chi connectivity index (χ0n) is 13.2. The van der Waals surface area contributed by atoms with Crippen molar-refractivity contribution >= 4 is 40.0 Å². The molecular formula is C15H17N3O4S2. The number of carbonyl (C=O) groups excluding carboxylic acids is 2. The first-order valence-corrected chi connectivity index (χ1v) is 8.90. The summed E-state index contributed by atoms with van der Waals surface area (Å²) in [5, 5.41) is 5.06. The number of aromatic nitrogens is 1. The van der Waals surface area contributed by atoms with Crippen LogP contribution >= 0.6 is 23.1 Å². The van der Waals surface area contributed by atoms with Crippen LogP contribution in [0.15, 0.2) is 23.6 Å². The second-order valence-corrected chi connectivity index (χ2v) is 6.47. The number of hydrogen-bond acceptors (Lipinski definition) is 7. The van der Waals surface area contributed by atoms with Gasteiger partial charge in [-0.05, 0) is 18.2 Å². The summed E-state index contributed by atoms with van der Waals surface area (Å²) >= 11 is 2.70. The number of rotatable bonds is 8. The molecule has 0 unspecified atom stereocenters. The van der Waals surface area contributed by atoms with Crippen molar-refractivity contribution in [3.8, 4) is 11.5 Å². The van der Waals surface area contributed by atoms with E-state index in [0.717, 1.165) is 5.69 Å². The normalized spacial score (nSPS) is 10.2. The molecule has 24 heavy (non-hydrogen) atoms. The van der Waals surface area contributed by atoms with Gasteiger partial charge in [0.05, 0.1) is 25.7 Å². The first-order chi connectivity index (χ1) is 11.5. The van der Waals surface area contributed by atoms with Gasteiger partial charge in [-0.25, -0.2) is 4.98 Å². The molecule has 1 aromatic heterocycles. The molecule has 0 saturated heterocycles. The zero-order chi connectivity index (χ0) is 17.5. The van der Waals surface area contributed by atoms with E-state index >= 15 is 0 Å². The minimum absolute atomic E-state index is 0.241. The van der Waals surface area contributed by atoms with E-state index < -0.39 is 0 Å². The fourth-order valence-electron chi connectivity index (χ4n) is 1.83. The second kappa shape index (κ2) is 8.55. The number of nitrogens with zero attached hydrogens (tertiary/aromatic N) is 1. The Kier molecular flexibility index (Phi) is 6.44. The van der Waals surface area contributed by atoms with Gasteiger partial charge in [-0.3, -0.25) is 14.9 Å². The number of nitrogens with one attached hydrogen (secondary N) is 1. The maximum atomic E-state index is 12.3. The minimum Gasteiger partial charge on any atom is -0.493 e. The van der Waals surface area contributed by atoms with Crippen molar-refractivity contribution in [3.63, 3.8) is 0 Å². The molecule has 3 N–H and O–H groups in total. The first kappa shape index (κ1) is 18.1. The lowest BCUT2D eigenvalue weighted by Crippen LogP contribution is -2.13. The first-order valence-electron chi connectivity index (χ1n) is 6.87. The summed E-state index contributed by atoms with van der Waals surface area (Å²) in [7, 11) is 3.04. The predicted octanol–water partition coefficient (Wildman–Crippen LogP) is 2.13. The fourth-order valence-corrected chi connectivity index (χ4v) is 3.30. The van der Waals surface area contributed by atoms with Crippen molar-refractivity contribution in [2.75, 3.05) is 25.3 Å². The van der Waals surface area contributed by atoms with Gasteiger partial charge in [0.1, 0.15) is 0 Å². The predicted molar refractivity (Wildman–Crippen MR) is 95.0 cm³/mol. The molecule has 2 aromatic rings. The van der Waals surface area contributed by atoms with Crippen LogP contribution < -0.4 is 20.5 Å². The molecule has 0 bridgehead atoms. The number of methoxy groups -OCH3 is 2. The highest BCUT2D eigenvalue weighted by molar-refractivity contribution is 7.99. The average Bonchev–Trinajstić information content (AvgIpc) is 3.01. The molecule has 0 aliphatic heterocycles. The van der Waals surface area contributed by atoms with Gasteiger partial charge in [0, 0.05) is 16.7 Å². The summed E-state index contributed by atoms with van der Waals surface area (Å²) in [6, 6.07) is 4.92. The van der Waals surface area contributed by atoms with E-state index in [1.807, 2.05) is 5.38 Å². The average molecular weight is 367 g/mol. The van der Waals surface area contributed by atoms with Crippen molar-refractivity contribution in [2.24, 2.45) is 5.73 Å². The van der Waals surface area contributed by atoms with Gasteiger partial charge in [0.15, 0.2) is 16.6 Å². The third kappa shape index (κ3) is 4.87. The van der Waals surface area contributed by atoms with Crippen LogP contribution in [0.5, 0.6) is 11.5 Å². The molecule has 2 rings (SSSR count). The third-order valence-corrected chi connectivity index (χ3v) is 4.71. The number of nitrogens with two attached hydrogens (primary N) is 1. The molecular weight excluding hydrogens is 350 g/mol. The Morgan fingerprint density at radius 1 is 1.29 bits per heavy atom. The lowest BCUT2D eigenvalue weighted by atomic mass is 10.2. The van der Waals surface area contributed by atoms with Crippen LogP contribution in [0, 0.1) is 0 Å². The van der Waals surface area contributed by atoms with E-state index in [1.165, 1.54) is 37.3 Å². The topological polar surface area (TPSA) is 104 Å². The molecule has 2 amide bonds. The van der Waals surface area contributed by atoms with E-state index in [0.29, 0.717) is 27.9 Å². The molecule has 7 nitrogen and oxygen atoms in total. The summed E-state index contributed by atoms with van der Waals surface area (Å²) in [6.45, 7) is 0. The van der Waals surface area contributed by atoms with Crippen LogP contribution in [-0.2, 0) is 10.5 Å². The molecule has 9 heteroatoms. The molecule has 128 valence electrons. The number of anilines is 1. The summed E-state index contributed by atoms with van der Waals surface area (Å²) in [5.74, 6) is 1.18. The highest BCUT2D eigenvalue weighted by Crippen LogP contribution is 2.28. The van der Waals surface area contributed by atoms with Gasteiger partial charge in [-0.1, -0.05) is 0 Å². The summed E-state index contributed by atoms with van der Waals surface area (Å²) < 4.78 is 10.3. The molecule has 1 heterocycles. The third-order valence-electron chi connectivity index (χ3n) is 2.91. The molecule has 0 fully saturated rings. The van der Waals surface area contributed by atoms with Crippen molar-refractivity contribution < 1.29 is 19.1 Å². The van der Waals surface area contributed by atoms with Crippen LogP contribution in [0.3, 0.4) is 0 Å². The lowest BCUT2D eigenvalue weighted by Gasteiger charge is -2.09. The monoisotopic (exact) mass is 367 g/mol. The highest BCUT2D eigenvalue weighted by Gasteiger charge is 2.13. The molecule has 0 radical (unpaired) electrons. The standard InChI is InChI=1S/C15H17N3O4S2/c1-21-11-4-3-9(5-12(11)22-2)14(20)18-15-17-10(7-24-15)6-23-8-13(16)19/h3-5,7H,6,8H2,1-2H3,(H2,16,19)(H,17,18,20). The smallest absolute Gasteiger partial charge is 0.257 e. The summed E-state index contributed by atoms with van der Waals surface area (Å²) in [4.78, 5) is 27.3. The van der Waals surface area contributed by atoms with E-state index in [1.54, 1.807) is 18.2 Å². The van der Waals surface area contributed by atoms with Gasteiger partial charge in [0.2, 0.25) is 5.91 Å². The van der Waals surface area contributed by atoms with Crippen LogP contribution in [0.4, 0.5) is 5.13 Å². The van der Waals surface area contributed by atoms with E-state index in [9.17, 15) is 9.59 Å². The molecule has 1 aromatic carbocycles. The Hall–Kier alpha value is -2.26. The number of carbonyl (C=O) groups is 2.